The number of hydrogen-bond donors (Lipinski definition) is 0. The lowest BCUT2D eigenvalue weighted by atomic mass is 9.79. The summed E-state index contributed by atoms with van der Waals surface area (Å²) in [5, 5.41) is 0. The second kappa shape index (κ2) is 7.94. The summed E-state index contributed by atoms with van der Waals surface area (Å²) in [5.41, 5.74) is 2.37. The Morgan fingerprint density at radius 2 is 1.48 bits per heavy atom. The van der Waals surface area contributed by atoms with Gasteiger partial charge in [0.2, 0.25) is 0 Å². The predicted molar refractivity (Wildman–Crippen MR) is 109 cm³/mol. The van der Waals surface area contributed by atoms with E-state index in [1.165, 1.54) is 4.90 Å². The van der Waals surface area contributed by atoms with Gasteiger partial charge in [-0.1, -0.05) is 26.0 Å². The summed E-state index contributed by atoms with van der Waals surface area (Å²) in [7, 11) is -0.354. The van der Waals surface area contributed by atoms with E-state index in [2.05, 4.69) is 69.3 Å². The zero-order chi connectivity index (χ0) is 18.7. The molecule has 1 fully saturated rings. The number of thioether (sulfide) groups is 1. The van der Waals surface area contributed by atoms with Crippen LogP contribution in [0.3, 0.4) is 0 Å². The molecule has 25 heavy (non-hydrogen) atoms. The normalized spacial score (nSPS) is 17.8. The lowest BCUT2D eigenvalue weighted by molar-refractivity contribution is 0.00578. The molecule has 1 aromatic carbocycles. The minimum Gasteiger partial charge on any atom is -0.399 e. The Balaban J connectivity index is 0.00000109. The van der Waals surface area contributed by atoms with Crippen LogP contribution in [-0.4, -0.2) is 29.6 Å². The minimum absolute atomic E-state index is 0.332. The molecule has 2 heterocycles. The Kier molecular flexibility index (Phi) is 6.36. The quantitative estimate of drug-likeness (QED) is 0.584. The van der Waals surface area contributed by atoms with E-state index in [-0.39, 0.29) is 18.3 Å². The van der Waals surface area contributed by atoms with Crippen LogP contribution < -0.4 is 5.46 Å². The fraction of sp³-hybridized carbons (Fsp3) is 0.450. The van der Waals surface area contributed by atoms with E-state index in [0.29, 0.717) is 0 Å². The predicted octanol–water partition coefficient (Wildman–Crippen LogP) is 4.80. The number of hydrogen-bond acceptors (Lipinski definition) is 4. The molecule has 1 aliphatic heterocycles. The standard InChI is InChI=1S/C18H22BNO2S.C2H6/c1-17(2)18(3,4)22-19(21-17)14-10-11-20-16(12-14)13-6-8-15(23-5)9-7-13;1-2/h6-12H,1-5H3;1-2H3. The van der Waals surface area contributed by atoms with Crippen molar-refractivity contribution in [3.05, 3.63) is 42.6 Å². The largest absolute Gasteiger partial charge is 0.494 e. The van der Waals surface area contributed by atoms with Crippen molar-refractivity contribution in [2.75, 3.05) is 6.26 Å². The highest BCUT2D eigenvalue weighted by atomic mass is 32.2. The third-order valence-electron chi connectivity index (χ3n) is 4.70. The van der Waals surface area contributed by atoms with Gasteiger partial charge in [-0.05, 0) is 63.7 Å². The van der Waals surface area contributed by atoms with Crippen molar-refractivity contribution in [3.63, 3.8) is 0 Å². The average Bonchev–Trinajstić information content (AvgIpc) is 2.85. The van der Waals surface area contributed by atoms with Gasteiger partial charge in [0, 0.05) is 16.7 Å². The van der Waals surface area contributed by atoms with Crippen molar-refractivity contribution in [2.24, 2.45) is 0 Å². The lowest BCUT2D eigenvalue weighted by Gasteiger charge is -2.32. The summed E-state index contributed by atoms with van der Waals surface area (Å²) < 4.78 is 12.2. The van der Waals surface area contributed by atoms with E-state index in [9.17, 15) is 0 Å². The molecule has 0 radical (unpaired) electrons. The maximum atomic E-state index is 6.12. The van der Waals surface area contributed by atoms with E-state index in [4.69, 9.17) is 9.31 Å². The van der Waals surface area contributed by atoms with Gasteiger partial charge in [-0.15, -0.1) is 11.8 Å². The number of nitrogens with zero attached hydrogens (tertiary/aromatic N) is 1. The van der Waals surface area contributed by atoms with Crippen LogP contribution >= 0.6 is 11.8 Å². The Hall–Kier alpha value is -1.30. The second-order valence-corrected chi connectivity index (χ2v) is 7.67. The van der Waals surface area contributed by atoms with Gasteiger partial charge in [-0.2, -0.15) is 0 Å². The number of pyridine rings is 1. The molecule has 0 atom stereocenters. The fourth-order valence-electron chi connectivity index (χ4n) is 2.49. The van der Waals surface area contributed by atoms with Gasteiger partial charge < -0.3 is 9.31 Å². The zero-order valence-electron chi connectivity index (χ0n) is 16.3. The molecular weight excluding hydrogens is 329 g/mol. The average molecular weight is 357 g/mol. The lowest BCUT2D eigenvalue weighted by Crippen LogP contribution is -2.41. The summed E-state index contributed by atoms with van der Waals surface area (Å²) in [6.07, 6.45) is 3.89. The van der Waals surface area contributed by atoms with E-state index in [0.717, 1.165) is 16.7 Å². The molecule has 2 aromatic rings. The molecule has 3 rings (SSSR count). The highest BCUT2D eigenvalue weighted by Crippen LogP contribution is 2.36. The molecule has 1 aliphatic rings. The highest BCUT2D eigenvalue weighted by molar-refractivity contribution is 7.98. The van der Waals surface area contributed by atoms with Crippen molar-refractivity contribution in [2.45, 2.75) is 57.6 Å². The van der Waals surface area contributed by atoms with Crippen LogP contribution in [0, 0.1) is 0 Å². The fourth-order valence-corrected chi connectivity index (χ4v) is 2.90. The molecule has 0 aliphatic carbocycles. The molecule has 3 nitrogen and oxygen atoms in total. The molecule has 0 bridgehead atoms. The summed E-state index contributed by atoms with van der Waals surface area (Å²) in [5.74, 6) is 0. The smallest absolute Gasteiger partial charge is 0.399 e. The van der Waals surface area contributed by atoms with Crippen LogP contribution in [-0.2, 0) is 9.31 Å². The highest BCUT2D eigenvalue weighted by Gasteiger charge is 2.51. The van der Waals surface area contributed by atoms with Gasteiger partial charge >= 0.3 is 7.12 Å². The SMILES string of the molecule is CC.CSc1ccc(-c2cc(B3OC(C)(C)C(C)(C)O3)ccn2)cc1. The molecule has 1 saturated heterocycles. The molecule has 5 heteroatoms. The van der Waals surface area contributed by atoms with Crippen molar-refractivity contribution < 1.29 is 9.31 Å². The monoisotopic (exact) mass is 357 g/mol. The topological polar surface area (TPSA) is 31.4 Å². The first-order valence-electron chi connectivity index (χ1n) is 8.78. The van der Waals surface area contributed by atoms with Gasteiger partial charge in [-0.25, -0.2) is 0 Å². The van der Waals surface area contributed by atoms with Gasteiger partial charge in [0.25, 0.3) is 0 Å². The van der Waals surface area contributed by atoms with Crippen LogP contribution in [0.2, 0.25) is 0 Å². The Morgan fingerprint density at radius 1 is 0.920 bits per heavy atom. The maximum Gasteiger partial charge on any atom is 0.494 e. The van der Waals surface area contributed by atoms with Gasteiger partial charge in [-0.3, -0.25) is 4.98 Å². The van der Waals surface area contributed by atoms with E-state index in [1.807, 2.05) is 26.1 Å². The van der Waals surface area contributed by atoms with Gasteiger partial charge in [0.1, 0.15) is 0 Å². The number of benzene rings is 1. The molecular formula is C20H28BNO2S. The second-order valence-electron chi connectivity index (χ2n) is 6.79. The maximum absolute atomic E-state index is 6.12. The van der Waals surface area contributed by atoms with Gasteiger partial charge in [0.15, 0.2) is 0 Å². The molecule has 0 N–H and O–H groups in total. The molecule has 1 aromatic heterocycles. The molecule has 0 amide bonds. The first-order chi connectivity index (χ1) is 11.8. The van der Waals surface area contributed by atoms with Crippen LogP contribution in [0.15, 0.2) is 47.5 Å². The van der Waals surface area contributed by atoms with Crippen LogP contribution in [0.5, 0.6) is 0 Å². The summed E-state index contributed by atoms with van der Waals surface area (Å²) in [6, 6.07) is 12.4. The third kappa shape index (κ3) is 4.28. The van der Waals surface area contributed by atoms with E-state index >= 15 is 0 Å². The van der Waals surface area contributed by atoms with Crippen molar-refractivity contribution >= 4 is 24.3 Å². The Bertz CT molecular complexity index is 685. The molecule has 0 unspecified atom stereocenters. The number of aromatic nitrogens is 1. The third-order valence-corrected chi connectivity index (χ3v) is 5.44. The van der Waals surface area contributed by atoms with Crippen LogP contribution in [0.4, 0.5) is 0 Å². The molecule has 0 spiro atoms. The molecule has 134 valence electrons. The zero-order valence-corrected chi connectivity index (χ0v) is 17.1. The first-order valence-corrected chi connectivity index (χ1v) is 10.0. The van der Waals surface area contributed by atoms with Crippen LogP contribution in [0.1, 0.15) is 41.5 Å². The van der Waals surface area contributed by atoms with Crippen molar-refractivity contribution in [1.82, 2.24) is 4.98 Å². The number of rotatable bonds is 3. The first kappa shape index (κ1) is 20.0. The summed E-state index contributed by atoms with van der Waals surface area (Å²) >= 11 is 1.74. The van der Waals surface area contributed by atoms with Crippen LogP contribution in [0.25, 0.3) is 11.3 Å². The Labute approximate surface area is 156 Å². The van der Waals surface area contributed by atoms with Crippen molar-refractivity contribution in [3.8, 4) is 11.3 Å². The van der Waals surface area contributed by atoms with E-state index in [1.54, 1.807) is 11.8 Å². The minimum atomic E-state index is -0.354. The van der Waals surface area contributed by atoms with E-state index < -0.39 is 0 Å². The van der Waals surface area contributed by atoms with Gasteiger partial charge in [0.05, 0.1) is 16.9 Å². The Morgan fingerprint density at radius 3 is 2.00 bits per heavy atom. The molecule has 0 saturated carbocycles. The van der Waals surface area contributed by atoms with Crippen molar-refractivity contribution in [1.29, 1.82) is 0 Å². The summed E-state index contributed by atoms with van der Waals surface area (Å²) in [4.78, 5) is 5.74. The summed E-state index contributed by atoms with van der Waals surface area (Å²) in [6.45, 7) is 12.3.